The van der Waals surface area contributed by atoms with Crippen molar-refractivity contribution in [3.8, 4) is 0 Å². The molecule has 0 atom stereocenters. The number of ether oxygens (including phenoxy) is 3. The summed E-state index contributed by atoms with van der Waals surface area (Å²) in [5, 5.41) is 7.76. The molecule has 0 fully saturated rings. The van der Waals surface area contributed by atoms with Crippen molar-refractivity contribution in [1.82, 2.24) is 0 Å². The van der Waals surface area contributed by atoms with Gasteiger partial charge in [0.25, 0.3) is 0 Å². The molecular weight excluding hydrogens is 362 g/mol. The van der Waals surface area contributed by atoms with Crippen LogP contribution >= 0.6 is 0 Å². The summed E-state index contributed by atoms with van der Waals surface area (Å²) in [7, 11) is 1.67. The summed E-state index contributed by atoms with van der Waals surface area (Å²) in [6.07, 6.45) is 0. The number of hydrogen-bond acceptors (Lipinski definition) is 3. The predicted octanol–water partition coefficient (Wildman–Crippen LogP) is 4.49. The topological polar surface area (TPSA) is 30.7 Å². The molecule has 0 aliphatic heterocycles. The van der Waals surface area contributed by atoms with Crippen LogP contribution in [0.5, 0.6) is 0 Å². The zero-order valence-corrected chi connectivity index (χ0v) is 16.9. The van der Waals surface area contributed by atoms with Crippen molar-refractivity contribution >= 4 is 39.0 Å². The molecule has 0 bridgehead atoms. The third-order valence-electron chi connectivity index (χ3n) is 5.21. The van der Waals surface area contributed by atoms with E-state index in [9.17, 15) is 0 Å². The van der Waals surface area contributed by atoms with Crippen molar-refractivity contribution in [2.24, 2.45) is 0 Å². The van der Waals surface area contributed by atoms with Gasteiger partial charge in [-0.1, -0.05) is 59.5 Å². The SMILES string of the molecule is C=[N+]([CH-]c1ccc2ccc3cccc4ccc1c2c34)CCOCCOCCOC. The van der Waals surface area contributed by atoms with Gasteiger partial charge >= 0.3 is 0 Å². The van der Waals surface area contributed by atoms with Gasteiger partial charge in [0.15, 0.2) is 6.54 Å². The highest BCUT2D eigenvalue weighted by Crippen LogP contribution is 2.36. The fourth-order valence-electron chi connectivity index (χ4n) is 3.78. The minimum atomic E-state index is 0.580. The second kappa shape index (κ2) is 9.23. The van der Waals surface area contributed by atoms with Crippen molar-refractivity contribution in [2.75, 3.05) is 46.7 Å². The molecule has 0 aliphatic carbocycles. The van der Waals surface area contributed by atoms with E-state index in [1.54, 1.807) is 7.11 Å². The molecule has 4 nitrogen and oxygen atoms in total. The Labute approximate surface area is 171 Å². The molecule has 0 aliphatic rings. The molecule has 0 saturated carbocycles. The zero-order chi connectivity index (χ0) is 20.1. The molecule has 4 heteroatoms. The summed E-state index contributed by atoms with van der Waals surface area (Å²) in [5.41, 5.74) is 1.17. The van der Waals surface area contributed by atoms with Crippen molar-refractivity contribution < 1.29 is 18.8 Å². The molecule has 4 aromatic carbocycles. The van der Waals surface area contributed by atoms with Crippen LogP contribution in [0.15, 0.2) is 54.6 Å². The highest BCUT2D eigenvalue weighted by molar-refractivity contribution is 6.23. The Morgan fingerprint density at radius 1 is 0.759 bits per heavy atom. The average Bonchev–Trinajstić information content (AvgIpc) is 2.75. The van der Waals surface area contributed by atoms with Crippen LogP contribution in [0.4, 0.5) is 0 Å². The normalized spacial score (nSPS) is 11.6. The molecule has 0 saturated heterocycles. The van der Waals surface area contributed by atoms with Gasteiger partial charge in [-0.05, 0) is 26.9 Å². The van der Waals surface area contributed by atoms with E-state index in [1.165, 1.54) is 37.9 Å². The standard InChI is InChI=1S/C25H27NO3/c1-26(12-13-28-16-17-29-15-14-27-2)18-22-9-8-21-7-6-19-4-3-5-20-10-11-23(22)25(21)24(19)20/h3-11,18H,1,12-17H2,2H3. The lowest BCUT2D eigenvalue weighted by molar-refractivity contribution is -0.476. The highest BCUT2D eigenvalue weighted by Gasteiger charge is 2.09. The van der Waals surface area contributed by atoms with Gasteiger partial charge in [0, 0.05) is 7.11 Å². The molecule has 0 radical (unpaired) electrons. The van der Waals surface area contributed by atoms with Gasteiger partial charge in [0.05, 0.1) is 39.7 Å². The first kappa shape index (κ1) is 19.6. The molecule has 0 heterocycles. The molecule has 0 spiro atoms. The molecule has 150 valence electrons. The van der Waals surface area contributed by atoms with E-state index in [-0.39, 0.29) is 0 Å². The molecule has 0 unspecified atom stereocenters. The number of methoxy groups -OCH3 is 1. The molecule has 29 heavy (non-hydrogen) atoms. The van der Waals surface area contributed by atoms with E-state index in [1.807, 2.05) is 4.58 Å². The van der Waals surface area contributed by atoms with Crippen LogP contribution in [0.1, 0.15) is 5.56 Å². The number of benzene rings is 4. The van der Waals surface area contributed by atoms with Gasteiger partial charge < -0.3 is 14.2 Å². The van der Waals surface area contributed by atoms with E-state index in [2.05, 4.69) is 67.9 Å². The van der Waals surface area contributed by atoms with Gasteiger partial charge in [0.2, 0.25) is 0 Å². The van der Waals surface area contributed by atoms with Crippen LogP contribution in [-0.4, -0.2) is 58.0 Å². The Kier molecular flexibility index (Phi) is 6.25. The molecule has 0 aromatic heterocycles. The minimum absolute atomic E-state index is 0.580. The highest BCUT2D eigenvalue weighted by atomic mass is 16.5. The van der Waals surface area contributed by atoms with Crippen LogP contribution in [0.3, 0.4) is 0 Å². The van der Waals surface area contributed by atoms with Crippen LogP contribution in [0.2, 0.25) is 0 Å². The van der Waals surface area contributed by atoms with Gasteiger partial charge in [-0.2, -0.15) is 0 Å². The molecule has 4 rings (SSSR count). The Morgan fingerprint density at radius 2 is 1.38 bits per heavy atom. The number of rotatable bonds is 11. The summed E-state index contributed by atoms with van der Waals surface area (Å²) in [6, 6.07) is 19.7. The second-order valence-corrected chi connectivity index (χ2v) is 7.17. The monoisotopic (exact) mass is 389 g/mol. The van der Waals surface area contributed by atoms with Crippen LogP contribution in [-0.2, 0) is 14.2 Å². The Hall–Kier alpha value is -2.66. The van der Waals surface area contributed by atoms with E-state index >= 15 is 0 Å². The first-order valence-corrected chi connectivity index (χ1v) is 10.0. The van der Waals surface area contributed by atoms with Gasteiger partial charge in [-0.15, -0.1) is 6.07 Å². The number of hydrogen-bond donors (Lipinski definition) is 0. The first-order chi connectivity index (χ1) is 14.3. The summed E-state index contributed by atoms with van der Waals surface area (Å²) in [5.74, 6) is 0. The predicted molar refractivity (Wildman–Crippen MR) is 119 cm³/mol. The molecular formula is C25H27NO3. The summed E-state index contributed by atoms with van der Waals surface area (Å²) >= 11 is 0. The fraction of sp³-hybridized carbons (Fsp3) is 0.280. The van der Waals surface area contributed by atoms with Crippen molar-refractivity contribution in [3.63, 3.8) is 0 Å². The van der Waals surface area contributed by atoms with Crippen molar-refractivity contribution in [3.05, 3.63) is 66.7 Å². The summed E-state index contributed by atoms with van der Waals surface area (Å²) < 4.78 is 17.9. The third kappa shape index (κ3) is 4.35. The van der Waals surface area contributed by atoms with E-state index in [4.69, 9.17) is 14.2 Å². The maximum atomic E-state index is 5.63. The van der Waals surface area contributed by atoms with Crippen LogP contribution in [0.25, 0.3) is 32.3 Å². The maximum absolute atomic E-state index is 5.63. The summed E-state index contributed by atoms with van der Waals surface area (Å²) in [4.78, 5) is 0. The van der Waals surface area contributed by atoms with Gasteiger partial charge in [-0.3, -0.25) is 4.58 Å². The summed E-state index contributed by atoms with van der Waals surface area (Å²) in [6.45, 7) is 9.96. The smallest absolute Gasteiger partial charge is 0.153 e. The second-order valence-electron chi connectivity index (χ2n) is 7.17. The van der Waals surface area contributed by atoms with Crippen molar-refractivity contribution in [2.45, 2.75) is 0 Å². The van der Waals surface area contributed by atoms with Crippen LogP contribution < -0.4 is 0 Å². The lowest BCUT2D eigenvalue weighted by atomic mass is 9.92. The fourth-order valence-corrected chi connectivity index (χ4v) is 3.78. The van der Waals surface area contributed by atoms with Crippen LogP contribution in [0, 0.1) is 6.54 Å². The zero-order valence-electron chi connectivity index (χ0n) is 16.9. The lowest BCUT2D eigenvalue weighted by Crippen LogP contribution is -2.16. The first-order valence-electron chi connectivity index (χ1n) is 10.0. The van der Waals surface area contributed by atoms with E-state index in [0.29, 0.717) is 33.0 Å². The largest absolute Gasteiger partial charge is 0.382 e. The van der Waals surface area contributed by atoms with Gasteiger partial charge in [-0.25, -0.2) is 0 Å². The quantitative estimate of drug-likeness (QED) is 0.125. The Morgan fingerprint density at radius 3 is 2.14 bits per heavy atom. The Bertz CT molecular complexity index is 1090. The Balaban J connectivity index is 1.41. The minimum Gasteiger partial charge on any atom is -0.382 e. The average molecular weight is 389 g/mol. The molecule has 0 N–H and O–H groups in total. The third-order valence-corrected chi connectivity index (χ3v) is 5.21. The molecule has 4 aromatic rings. The molecule has 0 amide bonds. The van der Waals surface area contributed by atoms with E-state index in [0.717, 1.165) is 6.54 Å². The number of nitrogens with zero attached hydrogens (tertiary/aromatic N) is 1. The van der Waals surface area contributed by atoms with Gasteiger partial charge in [0.1, 0.15) is 6.61 Å². The maximum Gasteiger partial charge on any atom is 0.153 e. The van der Waals surface area contributed by atoms with Crippen molar-refractivity contribution in [1.29, 1.82) is 0 Å². The van der Waals surface area contributed by atoms with E-state index < -0.39 is 0 Å². The lowest BCUT2D eigenvalue weighted by Gasteiger charge is -2.17.